The summed E-state index contributed by atoms with van der Waals surface area (Å²) in [5.41, 5.74) is 0.784. The Hall–Kier alpha value is -1.76. The normalized spacial score (nSPS) is 24.0. The molecule has 0 amide bonds. The van der Waals surface area contributed by atoms with Crippen molar-refractivity contribution in [3.05, 3.63) is 40.4 Å². The lowest BCUT2D eigenvalue weighted by Crippen LogP contribution is -2.47. The minimum Gasteiger partial charge on any atom is -0.347 e. The second kappa shape index (κ2) is 6.52. The van der Waals surface area contributed by atoms with Crippen LogP contribution in [0.5, 0.6) is 0 Å². The first kappa shape index (κ1) is 16.7. The smallest absolute Gasteiger partial charge is 0.261 e. The van der Waals surface area contributed by atoms with Crippen molar-refractivity contribution in [1.82, 2.24) is 14.5 Å². The first-order valence-corrected chi connectivity index (χ1v) is 9.02. The van der Waals surface area contributed by atoms with E-state index >= 15 is 0 Å². The predicted octanol–water partition coefficient (Wildman–Crippen LogP) is 1.91. The minimum absolute atomic E-state index is 0.0172. The van der Waals surface area contributed by atoms with Gasteiger partial charge in [0.1, 0.15) is 5.82 Å². The molecule has 1 aromatic carbocycles. The van der Waals surface area contributed by atoms with Gasteiger partial charge in [0, 0.05) is 19.5 Å². The van der Waals surface area contributed by atoms with Crippen LogP contribution in [0.2, 0.25) is 0 Å². The molecule has 2 aliphatic heterocycles. The highest BCUT2D eigenvalue weighted by Gasteiger charge is 2.41. The molecule has 2 aliphatic rings. The van der Waals surface area contributed by atoms with Crippen LogP contribution in [-0.4, -0.2) is 46.5 Å². The lowest BCUT2D eigenvalue weighted by Gasteiger charge is -2.39. The summed E-state index contributed by atoms with van der Waals surface area (Å²) >= 11 is 0. The van der Waals surface area contributed by atoms with Gasteiger partial charge < -0.3 is 9.47 Å². The van der Waals surface area contributed by atoms with Crippen molar-refractivity contribution in [2.75, 3.05) is 26.3 Å². The second-order valence-corrected chi connectivity index (χ2v) is 7.20. The van der Waals surface area contributed by atoms with Crippen LogP contribution >= 0.6 is 0 Å². The molecule has 0 spiro atoms. The number of hydrogen-bond donors (Lipinski definition) is 0. The average molecular weight is 343 g/mol. The van der Waals surface area contributed by atoms with Crippen LogP contribution in [0.4, 0.5) is 0 Å². The van der Waals surface area contributed by atoms with Gasteiger partial charge in [0.25, 0.3) is 5.56 Å². The van der Waals surface area contributed by atoms with Crippen molar-refractivity contribution in [3.63, 3.8) is 0 Å². The quantitative estimate of drug-likeness (QED) is 0.852. The number of likely N-dealkylation sites (tertiary alicyclic amines) is 1. The van der Waals surface area contributed by atoms with E-state index in [-0.39, 0.29) is 5.56 Å². The van der Waals surface area contributed by atoms with Gasteiger partial charge in [0.2, 0.25) is 0 Å². The maximum absolute atomic E-state index is 12.6. The molecular weight excluding hydrogens is 318 g/mol. The Morgan fingerprint density at radius 3 is 2.84 bits per heavy atom. The highest BCUT2D eigenvalue weighted by Crippen LogP contribution is 2.34. The molecule has 4 rings (SSSR count). The third kappa shape index (κ3) is 3.10. The molecule has 6 heteroatoms. The number of aromatic nitrogens is 2. The third-order valence-corrected chi connectivity index (χ3v) is 5.55. The molecule has 2 fully saturated rings. The summed E-state index contributed by atoms with van der Waals surface area (Å²) in [6.45, 7) is 5.98. The van der Waals surface area contributed by atoms with E-state index in [0.29, 0.717) is 31.1 Å². The molecule has 3 heterocycles. The zero-order chi connectivity index (χ0) is 17.4. The van der Waals surface area contributed by atoms with Crippen LogP contribution in [0.25, 0.3) is 10.9 Å². The number of hydrogen-bond acceptors (Lipinski definition) is 5. The highest BCUT2D eigenvalue weighted by molar-refractivity contribution is 5.77. The van der Waals surface area contributed by atoms with E-state index in [4.69, 9.17) is 14.5 Å². The summed E-state index contributed by atoms with van der Waals surface area (Å²) < 4.78 is 13.4. The number of nitrogens with zero attached hydrogens (tertiary/aromatic N) is 3. The molecule has 0 radical (unpaired) electrons. The molecule has 0 unspecified atom stereocenters. The topological polar surface area (TPSA) is 56.6 Å². The molecule has 0 N–H and O–H groups in total. The fraction of sp³-hybridized carbons (Fsp3) is 0.579. The van der Waals surface area contributed by atoms with E-state index in [9.17, 15) is 4.79 Å². The van der Waals surface area contributed by atoms with E-state index in [1.54, 1.807) is 4.57 Å². The fourth-order valence-electron chi connectivity index (χ4n) is 4.00. The number of fused-ring (bicyclic) bond motifs is 1. The Bertz CT molecular complexity index is 826. The van der Waals surface area contributed by atoms with Crippen molar-refractivity contribution in [2.45, 2.75) is 32.1 Å². The molecular formula is C19H25N3O3. The molecule has 0 saturated carbocycles. The molecule has 25 heavy (non-hydrogen) atoms. The van der Waals surface area contributed by atoms with Crippen molar-refractivity contribution in [3.8, 4) is 0 Å². The zero-order valence-corrected chi connectivity index (χ0v) is 14.9. The van der Waals surface area contributed by atoms with Gasteiger partial charge in [-0.3, -0.25) is 14.3 Å². The standard InChI is InChI=1S/C19H25N3O3/c1-19(24-10-11-25-19)14-6-5-9-22(12-14)13-17-20-16-8-4-3-7-15(16)18(23)21(17)2/h3-4,7-8,14H,5-6,9-13H2,1-2H3/t14-/m0/s1. The molecule has 134 valence electrons. The number of benzene rings is 1. The molecule has 1 atom stereocenters. The van der Waals surface area contributed by atoms with E-state index in [2.05, 4.69) is 11.8 Å². The summed E-state index contributed by atoms with van der Waals surface area (Å²) in [4.78, 5) is 19.7. The van der Waals surface area contributed by atoms with Crippen LogP contribution in [0.1, 0.15) is 25.6 Å². The molecule has 6 nitrogen and oxygen atoms in total. The molecule has 0 aliphatic carbocycles. The Balaban J connectivity index is 1.56. The van der Waals surface area contributed by atoms with E-state index < -0.39 is 5.79 Å². The highest BCUT2D eigenvalue weighted by atomic mass is 16.7. The molecule has 2 aromatic rings. The van der Waals surface area contributed by atoms with Gasteiger partial charge in [0.05, 0.1) is 30.7 Å². The van der Waals surface area contributed by atoms with E-state index in [1.807, 2.05) is 31.3 Å². The first-order chi connectivity index (χ1) is 12.1. The van der Waals surface area contributed by atoms with Gasteiger partial charge in [-0.2, -0.15) is 0 Å². The maximum Gasteiger partial charge on any atom is 0.261 e. The average Bonchev–Trinajstić information content (AvgIpc) is 3.08. The van der Waals surface area contributed by atoms with Crippen LogP contribution in [0.3, 0.4) is 0 Å². The van der Waals surface area contributed by atoms with Crippen molar-refractivity contribution >= 4 is 10.9 Å². The lowest BCUT2D eigenvalue weighted by atomic mass is 9.90. The number of rotatable bonds is 3. The largest absolute Gasteiger partial charge is 0.347 e. The summed E-state index contributed by atoms with van der Waals surface area (Å²) in [5.74, 6) is 0.686. The molecule has 2 saturated heterocycles. The summed E-state index contributed by atoms with van der Waals surface area (Å²) in [6, 6.07) is 7.54. The van der Waals surface area contributed by atoms with Crippen LogP contribution in [0, 0.1) is 5.92 Å². The Morgan fingerprint density at radius 2 is 2.04 bits per heavy atom. The van der Waals surface area contributed by atoms with Gasteiger partial charge in [-0.25, -0.2) is 4.98 Å². The van der Waals surface area contributed by atoms with Crippen molar-refractivity contribution < 1.29 is 9.47 Å². The Kier molecular flexibility index (Phi) is 4.35. The first-order valence-electron chi connectivity index (χ1n) is 9.02. The number of piperidine rings is 1. The van der Waals surface area contributed by atoms with E-state index in [0.717, 1.165) is 37.3 Å². The number of para-hydroxylation sites is 1. The zero-order valence-electron chi connectivity index (χ0n) is 14.9. The van der Waals surface area contributed by atoms with E-state index in [1.165, 1.54) is 0 Å². The van der Waals surface area contributed by atoms with Crippen molar-refractivity contribution in [2.24, 2.45) is 13.0 Å². The van der Waals surface area contributed by atoms with Gasteiger partial charge in [0.15, 0.2) is 5.79 Å². The van der Waals surface area contributed by atoms with Crippen LogP contribution in [-0.2, 0) is 23.1 Å². The SMILES string of the molecule is Cn1c(CN2CCC[C@H](C3(C)OCCO3)C2)nc2ccccc2c1=O. The third-order valence-electron chi connectivity index (χ3n) is 5.55. The summed E-state index contributed by atoms with van der Waals surface area (Å²) in [5, 5.41) is 0.672. The van der Waals surface area contributed by atoms with Crippen LogP contribution in [0.15, 0.2) is 29.1 Å². The van der Waals surface area contributed by atoms with Crippen molar-refractivity contribution in [1.29, 1.82) is 0 Å². The molecule has 1 aromatic heterocycles. The monoisotopic (exact) mass is 343 g/mol. The minimum atomic E-state index is -0.471. The van der Waals surface area contributed by atoms with Gasteiger partial charge >= 0.3 is 0 Å². The molecule has 0 bridgehead atoms. The van der Waals surface area contributed by atoms with Gasteiger partial charge in [-0.15, -0.1) is 0 Å². The predicted molar refractivity (Wildman–Crippen MR) is 95.3 cm³/mol. The summed E-state index contributed by atoms with van der Waals surface area (Å²) in [7, 11) is 1.81. The fourth-order valence-corrected chi connectivity index (χ4v) is 4.00. The van der Waals surface area contributed by atoms with Crippen LogP contribution < -0.4 is 5.56 Å². The summed E-state index contributed by atoms with van der Waals surface area (Å²) in [6.07, 6.45) is 2.21. The van der Waals surface area contributed by atoms with Gasteiger partial charge in [-0.05, 0) is 38.4 Å². The lowest BCUT2D eigenvalue weighted by molar-refractivity contribution is -0.192. The van der Waals surface area contributed by atoms with Gasteiger partial charge in [-0.1, -0.05) is 12.1 Å². The second-order valence-electron chi connectivity index (χ2n) is 7.20. The Morgan fingerprint density at radius 1 is 1.28 bits per heavy atom. The number of ether oxygens (including phenoxy) is 2. The maximum atomic E-state index is 12.6. The Labute approximate surface area is 147 Å².